The van der Waals surface area contributed by atoms with Gasteiger partial charge in [-0.2, -0.15) is 23.6 Å². The molecule has 0 aliphatic carbocycles. The van der Waals surface area contributed by atoms with Crippen molar-refractivity contribution in [3.63, 3.8) is 0 Å². The van der Waals surface area contributed by atoms with Crippen molar-refractivity contribution in [2.75, 3.05) is 6.61 Å². The number of amides is 1. The molecule has 1 saturated heterocycles. The summed E-state index contributed by atoms with van der Waals surface area (Å²) in [5.74, 6) is 0.744. The van der Waals surface area contributed by atoms with Gasteiger partial charge in [-0.25, -0.2) is 5.48 Å². The molecule has 0 bridgehead atoms. The third-order valence-corrected chi connectivity index (χ3v) is 4.85. The summed E-state index contributed by atoms with van der Waals surface area (Å²) in [7, 11) is 0. The van der Waals surface area contributed by atoms with Crippen molar-refractivity contribution in [1.82, 2.24) is 11.0 Å². The predicted octanol–water partition coefficient (Wildman–Crippen LogP) is 4.47. The number of hydroxylamine groups is 2. The van der Waals surface area contributed by atoms with Gasteiger partial charge in [-0.3, -0.25) is 9.59 Å². The average molecular weight is 442 g/mol. The monoisotopic (exact) mass is 442 g/mol. The molecule has 1 aliphatic rings. The maximum atomic E-state index is 12.8. The molecule has 0 aromatic heterocycles. The van der Waals surface area contributed by atoms with Crippen LogP contribution in [0.3, 0.4) is 0 Å². The van der Waals surface area contributed by atoms with Crippen LogP contribution in [0.4, 0.5) is 18.0 Å². The minimum absolute atomic E-state index is 0.0113. The largest absolute Gasteiger partial charge is 0.493 e. The number of thioether (sulfide) groups is 1. The van der Waals surface area contributed by atoms with Gasteiger partial charge in [0.05, 0.1) is 23.1 Å². The first-order chi connectivity index (χ1) is 14.3. The first-order valence-corrected chi connectivity index (χ1v) is 9.66. The Morgan fingerprint density at radius 2 is 2.00 bits per heavy atom. The van der Waals surface area contributed by atoms with E-state index < -0.39 is 11.7 Å². The van der Waals surface area contributed by atoms with Crippen LogP contribution in [-0.4, -0.2) is 23.5 Å². The van der Waals surface area contributed by atoms with Gasteiger partial charge < -0.3 is 9.47 Å². The Labute approximate surface area is 173 Å². The topological polar surface area (TPSA) is 85.9 Å². The fourth-order valence-electron chi connectivity index (χ4n) is 2.69. The number of rotatable bonds is 7. The highest BCUT2D eigenvalue weighted by atomic mass is 32.2. The Morgan fingerprint density at radius 1 is 1.20 bits per heavy atom. The first-order valence-electron chi connectivity index (χ1n) is 8.78. The molecule has 1 aliphatic heterocycles. The van der Waals surface area contributed by atoms with E-state index in [9.17, 15) is 22.8 Å². The zero-order valence-corrected chi connectivity index (χ0v) is 16.4. The molecule has 2 aromatic rings. The quantitative estimate of drug-likeness (QED) is 0.612. The first kappa shape index (κ1) is 21.9. The summed E-state index contributed by atoms with van der Waals surface area (Å²) in [5.41, 5.74) is 4.43. The van der Waals surface area contributed by atoms with Gasteiger partial charge in [-0.1, -0.05) is 6.07 Å². The normalized spacial score (nSPS) is 16.7. The lowest BCUT2D eigenvalue weighted by atomic mass is 10.1. The van der Waals surface area contributed by atoms with E-state index in [0.717, 1.165) is 35.5 Å². The van der Waals surface area contributed by atoms with Gasteiger partial charge in [0.1, 0.15) is 17.2 Å². The number of ether oxygens (including phenoxy) is 2. The van der Waals surface area contributed by atoms with Gasteiger partial charge in [0.15, 0.2) is 6.29 Å². The molecule has 2 N–H and O–H groups in total. The number of hydrogen-bond acceptors (Lipinski definition) is 7. The lowest BCUT2D eigenvalue weighted by Gasteiger charge is -2.22. The van der Waals surface area contributed by atoms with Crippen molar-refractivity contribution < 1.29 is 37.2 Å². The molecule has 1 amide bonds. The summed E-state index contributed by atoms with van der Waals surface area (Å²) in [4.78, 5) is 27.4. The summed E-state index contributed by atoms with van der Waals surface area (Å²) < 4.78 is 49.8. The van der Waals surface area contributed by atoms with Crippen molar-refractivity contribution in [2.24, 2.45) is 0 Å². The highest BCUT2D eigenvalue weighted by Gasteiger charge is 2.31. The maximum Gasteiger partial charge on any atom is 0.416 e. The zero-order valence-electron chi connectivity index (χ0n) is 15.6. The lowest BCUT2D eigenvalue weighted by molar-refractivity contribution is -0.137. The molecule has 160 valence electrons. The Kier molecular flexibility index (Phi) is 6.85. The molecular formula is C19H17F3N2O5S. The van der Waals surface area contributed by atoms with E-state index in [-0.39, 0.29) is 27.7 Å². The fraction of sp³-hybridized carbons (Fsp3) is 0.263. The van der Waals surface area contributed by atoms with Crippen LogP contribution in [-0.2, 0) is 17.5 Å². The van der Waals surface area contributed by atoms with Crippen molar-refractivity contribution in [3.05, 3.63) is 53.1 Å². The molecule has 0 radical (unpaired) electrons. The minimum atomic E-state index is -4.56. The second kappa shape index (κ2) is 9.37. The predicted molar refractivity (Wildman–Crippen MR) is 102 cm³/mol. The molecule has 0 saturated carbocycles. The molecule has 30 heavy (non-hydrogen) atoms. The van der Waals surface area contributed by atoms with Crippen LogP contribution < -0.4 is 20.4 Å². The van der Waals surface area contributed by atoms with E-state index in [4.69, 9.17) is 14.4 Å². The van der Waals surface area contributed by atoms with E-state index >= 15 is 0 Å². The van der Waals surface area contributed by atoms with Crippen LogP contribution in [0, 0.1) is 0 Å². The Morgan fingerprint density at radius 3 is 2.67 bits per heavy atom. The number of aldehydes is 1. The fourth-order valence-corrected chi connectivity index (χ4v) is 3.40. The number of alkyl halides is 3. The van der Waals surface area contributed by atoms with Gasteiger partial charge >= 0.3 is 11.4 Å². The van der Waals surface area contributed by atoms with Gasteiger partial charge in [0, 0.05) is 12.5 Å². The molecule has 2 aromatic carbocycles. The van der Waals surface area contributed by atoms with Crippen molar-refractivity contribution >= 4 is 23.3 Å². The van der Waals surface area contributed by atoms with E-state index in [1.807, 2.05) is 0 Å². The Hall–Kier alpha value is -2.76. The van der Waals surface area contributed by atoms with Crippen LogP contribution in [0.1, 0.15) is 28.4 Å². The summed E-state index contributed by atoms with van der Waals surface area (Å²) in [6.07, 6.45) is -3.86. The molecule has 3 rings (SSSR count). The zero-order chi connectivity index (χ0) is 21.7. The summed E-state index contributed by atoms with van der Waals surface area (Å²) >= 11 is 1.02. The number of nitrogens with one attached hydrogen (secondary N) is 2. The second-order valence-corrected chi connectivity index (χ2v) is 7.27. The lowest BCUT2D eigenvalue weighted by Crippen LogP contribution is -2.42. The highest BCUT2D eigenvalue weighted by Crippen LogP contribution is 2.35. The Bertz CT molecular complexity index is 939. The molecule has 11 heteroatoms. The van der Waals surface area contributed by atoms with Crippen LogP contribution in [0.15, 0.2) is 36.4 Å². The highest BCUT2D eigenvalue weighted by molar-refractivity contribution is 8.14. The van der Waals surface area contributed by atoms with Crippen molar-refractivity contribution in [1.29, 1.82) is 0 Å². The standard InChI is InChI=1S/C19H17F3N2O5S/c1-2-27-16-9-14(5-3-11(16)8-17-23-29-24-18(26)30-17)28-15-6-4-13(19(20,21)22)7-12(15)10-25/h3-7,9-10,17,23H,2,8H2,1H3,(H,24,26). The van der Waals surface area contributed by atoms with Crippen LogP contribution in [0.25, 0.3) is 0 Å². The molecule has 1 unspecified atom stereocenters. The summed E-state index contributed by atoms with van der Waals surface area (Å²) in [6, 6.07) is 7.55. The number of carbonyl (C=O) groups excluding carboxylic acids is 2. The average Bonchev–Trinajstić information content (AvgIpc) is 2.69. The van der Waals surface area contributed by atoms with Crippen LogP contribution in [0.2, 0.25) is 0 Å². The summed E-state index contributed by atoms with van der Waals surface area (Å²) in [5, 5.41) is -0.679. The molecule has 1 atom stereocenters. The second-order valence-electron chi connectivity index (χ2n) is 6.09. The number of halogens is 3. The molecule has 1 heterocycles. The number of benzene rings is 2. The SMILES string of the molecule is CCOc1cc(Oc2ccc(C(F)(F)F)cc2C=O)ccc1CC1NONC(=O)S1. The van der Waals surface area contributed by atoms with Gasteiger partial charge in [0.2, 0.25) is 0 Å². The third kappa shape index (κ3) is 5.43. The van der Waals surface area contributed by atoms with E-state index in [1.165, 1.54) is 0 Å². The van der Waals surface area contributed by atoms with Gasteiger partial charge in [0.25, 0.3) is 0 Å². The minimum Gasteiger partial charge on any atom is -0.493 e. The Balaban J connectivity index is 1.82. The van der Waals surface area contributed by atoms with Gasteiger partial charge in [-0.15, -0.1) is 0 Å². The molecule has 7 nitrogen and oxygen atoms in total. The number of hydrogen-bond donors (Lipinski definition) is 2. The van der Waals surface area contributed by atoms with Crippen molar-refractivity contribution in [2.45, 2.75) is 24.9 Å². The molecule has 1 fully saturated rings. The van der Waals surface area contributed by atoms with E-state index in [0.29, 0.717) is 25.1 Å². The number of carbonyl (C=O) groups is 2. The maximum absolute atomic E-state index is 12.8. The third-order valence-electron chi connectivity index (χ3n) is 4.01. The van der Waals surface area contributed by atoms with Gasteiger partial charge in [-0.05, 0) is 48.5 Å². The van der Waals surface area contributed by atoms with Crippen LogP contribution >= 0.6 is 11.8 Å². The van der Waals surface area contributed by atoms with Crippen molar-refractivity contribution in [3.8, 4) is 17.2 Å². The smallest absolute Gasteiger partial charge is 0.416 e. The molecule has 0 spiro atoms. The molecular weight excluding hydrogens is 425 g/mol. The van der Waals surface area contributed by atoms with Crippen LogP contribution in [0.5, 0.6) is 17.2 Å². The van der Waals surface area contributed by atoms with E-state index in [2.05, 4.69) is 11.0 Å². The summed E-state index contributed by atoms with van der Waals surface area (Å²) in [6.45, 7) is 2.15. The van der Waals surface area contributed by atoms with E-state index in [1.54, 1.807) is 25.1 Å².